The molecule has 1 N–H and O–H groups in total. The van der Waals surface area contributed by atoms with Gasteiger partial charge < -0.3 is 4.74 Å². The smallest absolute Gasteiger partial charge is 0.257 e. The fourth-order valence-electron chi connectivity index (χ4n) is 2.93. The number of carbonyl (C=O) groups excluding carboxylic acids is 1. The van der Waals surface area contributed by atoms with Crippen molar-refractivity contribution in [2.24, 2.45) is 0 Å². The molecule has 3 aromatic rings. The SMILES string of the molecule is CCCCCCOc1c(Cl)cc(C(=O)Nc2nnc(SCc3ccccc3C)s2)cc1Cl. The van der Waals surface area contributed by atoms with Crippen LogP contribution in [0.25, 0.3) is 0 Å². The molecule has 5 nitrogen and oxygen atoms in total. The Balaban J connectivity index is 1.57. The summed E-state index contributed by atoms with van der Waals surface area (Å²) in [6.07, 6.45) is 4.36. The summed E-state index contributed by atoms with van der Waals surface area (Å²) in [5.74, 6) is 0.850. The monoisotopic (exact) mass is 509 g/mol. The van der Waals surface area contributed by atoms with E-state index in [0.29, 0.717) is 33.1 Å². The van der Waals surface area contributed by atoms with E-state index < -0.39 is 0 Å². The standard InChI is InChI=1S/C23H25Cl2N3O2S2/c1-3-4-5-8-11-30-20-18(24)12-17(13-19(20)25)21(29)26-22-27-28-23(32-22)31-14-16-10-7-6-9-15(16)2/h6-7,9-10,12-13H,3-5,8,11,14H2,1-2H3,(H,26,27,29). The van der Waals surface area contributed by atoms with Gasteiger partial charge in [-0.2, -0.15) is 0 Å². The van der Waals surface area contributed by atoms with E-state index in [1.165, 1.54) is 28.9 Å². The number of halogens is 2. The van der Waals surface area contributed by atoms with E-state index in [0.717, 1.165) is 29.4 Å². The maximum Gasteiger partial charge on any atom is 0.257 e. The summed E-state index contributed by atoms with van der Waals surface area (Å²) >= 11 is 15.6. The fraction of sp³-hybridized carbons (Fsp3) is 0.348. The predicted octanol–water partition coefficient (Wildman–Crippen LogP) is 7.66. The van der Waals surface area contributed by atoms with Gasteiger partial charge in [0, 0.05) is 11.3 Å². The molecule has 0 aliphatic heterocycles. The van der Waals surface area contributed by atoms with Crippen LogP contribution in [-0.4, -0.2) is 22.7 Å². The number of aromatic nitrogens is 2. The number of nitrogens with one attached hydrogen (secondary N) is 1. The molecule has 0 aliphatic carbocycles. The molecule has 0 bridgehead atoms. The van der Waals surface area contributed by atoms with Crippen LogP contribution in [0, 0.1) is 6.92 Å². The van der Waals surface area contributed by atoms with Crippen molar-refractivity contribution in [2.45, 2.75) is 49.6 Å². The Morgan fingerprint density at radius 1 is 1.12 bits per heavy atom. The van der Waals surface area contributed by atoms with Gasteiger partial charge in [-0.15, -0.1) is 10.2 Å². The summed E-state index contributed by atoms with van der Waals surface area (Å²) < 4.78 is 6.51. The van der Waals surface area contributed by atoms with Crippen LogP contribution in [0.5, 0.6) is 5.75 Å². The number of anilines is 1. The van der Waals surface area contributed by atoms with Gasteiger partial charge in [-0.05, 0) is 36.6 Å². The summed E-state index contributed by atoms with van der Waals surface area (Å²) in [7, 11) is 0. The van der Waals surface area contributed by atoms with E-state index in [-0.39, 0.29) is 5.91 Å². The first kappa shape index (κ1) is 24.8. The van der Waals surface area contributed by atoms with Crippen molar-refractivity contribution in [3.8, 4) is 5.75 Å². The van der Waals surface area contributed by atoms with Crippen LogP contribution in [0.2, 0.25) is 10.0 Å². The molecule has 32 heavy (non-hydrogen) atoms. The first-order valence-corrected chi connectivity index (χ1v) is 13.0. The molecule has 1 heterocycles. The molecule has 2 aromatic carbocycles. The van der Waals surface area contributed by atoms with Crippen molar-refractivity contribution >= 4 is 57.3 Å². The van der Waals surface area contributed by atoms with Gasteiger partial charge in [0.15, 0.2) is 10.1 Å². The molecule has 0 atom stereocenters. The van der Waals surface area contributed by atoms with Crippen LogP contribution in [-0.2, 0) is 5.75 Å². The molecule has 0 radical (unpaired) electrons. The van der Waals surface area contributed by atoms with Crippen molar-refractivity contribution < 1.29 is 9.53 Å². The third kappa shape index (κ3) is 7.10. The molecule has 170 valence electrons. The number of rotatable bonds is 11. The highest BCUT2D eigenvalue weighted by Gasteiger charge is 2.16. The second-order valence-electron chi connectivity index (χ2n) is 7.22. The highest BCUT2D eigenvalue weighted by Crippen LogP contribution is 2.35. The number of thioether (sulfide) groups is 1. The van der Waals surface area contributed by atoms with E-state index in [9.17, 15) is 4.79 Å². The molecule has 0 saturated carbocycles. The van der Waals surface area contributed by atoms with Gasteiger partial charge in [0.25, 0.3) is 5.91 Å². The average molecular weight is 511 g/mol. The molecular formula is C23H25Cl2N3O2S2. The van der Waals surface area contributed by atoms with Crippen LogP contribution < -0.4 is 10.1 Å². The molecule has 0 spiro atoms. The van der Waals surface area contributed by atoms with Crippen LogP contribution in [0.4, 0.5) is 5.13 Å². The van der Waals surface area contributed by atoms with E-state index in [4.69, 9.17) is 27.9 Å². The van der Waals surface area contributed by atoms with Gasteiger partial charge >= 0.3 is 0 Å². The molecule has 3 rings (SSSR count). The van der Waals surface area contributed by atoms with Crippen molar-refractivity contribution in [2.75, 3.05) is 11.9 Å². The molecule has 0 unspecified atom stereocenters. The van der Waals surface area contributed by atoms with Crippen LogP contribution >= 0.6 is 46.3 Å². The summed E-state index contributed by atoms with van der Waals surface area (Å²) in [5.41, 5.74) is 2.82. The lowest BCUT2D eigenvalue weighted by molar-refractivity contribution is 0.102. The third-order valence-corrected chi connectivity index (χ3v) is 7.33. The average Bonchev–Trinajstić information content (AvgIpc) is 3.21. The normalized spacial score (nSPS) is 10.9. The van der Waals surface area contributed by atoms with Crippen LogP contribution in [0.1, 0.15) is 54.1 Å². The lowest BCUT2D eigenvalue weighted by Gasteiger charge is -2.11. The van der Waals surface area contributed by atoms with Crippen molar-refractivity contribution in [1.82, 2.24) is 10.2 Å². The molecule has 9 heteroatoms. The number of nitrogens with zero attached hydrogens (tertiary/aromatic N) is 2. The number of ether oxygens (including phenoxy) is 1. The predicted molar refractivity (Wildman–Crippen MR) is 135 cm³/mol. The van der Waals surface area contributed by atoms with E-state index >= 15 is 0 Å². The Kier molecular flexibility index (Phi) is 9.66. The van der Waals surface area contributed by atoms with Gasteiger partial charge in [-0.25, -0.2) is 0 Å². The minimum atomic E-state index is -0.352. The van der Waals surface area contributed by atoms with Crippen molar-refractivity contribution in [3.05, 3.63) is 63.1 Å². The van der Waals surface area contributed by atoms with E-state index in [1.54, 1.807) is 23.9 Å². The van der Waals surface area contributed by atoms with Gasteiger partial charge in [-0.3, -0.25) is 10.1 Å². The Hall–Kier alpha value is -1.80. The van der Waals surface area contributed by atoms with Crippen LogP contribution in [0.3, 0.4) is 0 Å². The molecule has 0 aliphatic rings. The summed E-state index contributed by atoms with van der Waals surface area (Å²) in [4.78, 5) is 12.7. The largest absolute Gasteiger partial charge is 0.490 e. The van der Waals surface area contributed by atoms with Crippen molar-refractivity contribution in [1.29, 1.82) is 0 Å². The maximum atomic E-state index is 12.7. The number of carbonyl (C=O) groups is 1. The molecular weight excluding hydrogens is 485 g/mol. The minimum absolute atomic E-state index is 0.310. The summed E-state index contributed by atoms with van der Waals surface area (Å²) in [5, 5.41) is 12.0. The van der Waals surface area contributed by atoms with E-state index in [2.05, 4.69) is 41.5 Å². The Morgan fingerprint density at radius 2 is 1.88 bits per heavy atom. The van der Waals surface area contributed by atoms with Gasteiger partial charge in [0.2, 0.25) is 5.13 Å². The number of hydrogen-bond donors (Lipinski definition) is 1. The molecule has 0 fully saturated rings. The lowest BCUT2D eigenvalue weighted by atomic mass is 10.1. The maximum absolute atomic E-state index is 12.7. The first-order chi connectivity index (χ1) is 15.5. The second kappa shape index (κ2) is 12.4. The van der Waals surface area contributed by atoms with Crippen molar-refractivity contribution in [3.63, 3.8) is 0 Å². The Labute approximate surface area is 206 Å². The fourth-order valence-corrected chi connectivity index (χ4v) is 5.35. The first-order valence-electron chi connectivity index (χ1n) is 10.4. The Morgan fingerprint density at radius 3 is 2.59 bits per heavy atom. The highest BCUT2D eigenvalue weighted by atomic mass is 35.5. The molecule has 1 aromatic heterocycles. The zero-order valence-electron chi connectivity index (χ0n) is 18.0. The molecule has 1 amide bonds. The number of unbranched alkanes of at least 4 members (excludes halogenated alkanes) is 3. The highest BCUT2D eigenvalue weighted by molar-refractivity contribution is 8.00. The second-order valence-corrected chi connectivity index (χ2v) is 10.2. The summed E-state index contributed by atoms with van der Waals surface area (Å²) in [6, 6.07) is 11.3. The zero-order chi connectivity index (χ0) is 22.9. The molecule has 0 saturated heterocycles. The third-order valence-electron chi connectivity index (χ3n) is 4.74. The van der Waals surface area contributed by atoms with Gasteiger partial charge in [0.1, 0.15) is 0 Å². The number of benzene rings is 2. The minimum Gasteiger partial charge on any atom is -0.490 e. The van der Waals surface area contributed by atoms with E-state index in [1.807, 2.05) is 12.1 Å². The topological polar surface area (TPSA) is 64.1 Å². The van der Waals surface area contributed by atoms with Gasteiger partial charge in [0.05, 0.1) is 16.7 Å². The number of amides is 1. The quantitative estimate of drug-likeness (QED) is 0.163. The Bertz CT molecular complexity index is 1040. The lowest BCUT2D eigenvalue weighted by Crippen LogP contribution is -2.12. The van der Waals surface area contributed by atoms with Gasteiger partial charge in [-0.1, -0.05) is 96.8 Å². The summed E-state index contributed by atoms with van der Waals surface area (Å²) in [6.45, 7) is 4.78. The number of aryl methyl sites for hydroxylation is 1. The zero-order valence-corrected chi connectivity index (χ0v) is 21.1. The number of hydrogen-bond acceptors (Lipinski definition) is 6. The van der Waals surface area contributed by atoms with Crippen LogP contribution in [0.15, 0.2) is 40.7 Å².